The summed E-state index contributed by atoms with van der Waals surface area (Å²) in [7, 11) is 0. The molecule has 6 heteroatoms. The summed E-state index contributed by atoms with van der Waals surface area (Å²) in [6.45, 7) is 15.2. The van der Waals surface area contributed by atoms with Gasteiger partial charge >= 0.3 is 0 Å². The molecule has 1 aliphatic heterocycles. The van der Waals surface area contributed by atoms with E-state index in [0.29, 0.717) is 6.04 Å². The van der Waals surface area contributed by atoms with E-state index in [-0.39, 0.29) is 24.0 Å². The maximum absolute atomic E-state index is 4.85. The van der Waals surface area contributed by atoms with Crippen LogP contribution in [0, 0.1) is 5.92 Å². The first-order valence-electron chi connectivity index (χ1n) is 10.3. The highest BCUT2D eigenvalue weighted by atomic mass is 127. The van der Waals surface area contributed by atoms with E-state index in [1.807, 2.05) is 0 Å². The summed E-state index contributed by atoms with van der Waals surface area (Å²) in [5.41, 5.74) is 2.75. The molecule has 2 atom stereocenters. The standard InChI is InChI=1S/C21H35N5.HI/c1-4-22-21(24-20-14-17(20)3)23-15-18-8-6-7-9-19(18)16-26-12-10-25(5-2)11-13-26;/h6-9,17,20H,4-5,10-16H2,1-3H3,(H2,22,23,24);1H. The Balaban J connectivity index is 0.00000261. The molecule has 0 aromatic heterocycles. The lowest BCUT2D eigenvalue weighted by atomic mass is 10.1. The van der Waals surface area contributed by atoms with Gasteiger partial charge < -0.3 is 15.5 Å². The molecular weight excluding hydrogens is 449 g/mol. The molecular formula is C21H36IN5. The molecule has 2 N–H and O–H groups in total. The monoisotopic (exact) mass is 485 g/mol. The Morgan fingerprint density at radius 2 is 1.70 bits per heavy atom. The third-order valence-electron chi connectivity index (χ3n) is 5.61. The van der Waals surface area contributed by atoms with Crippen molar-refractivity contribution < 1.29 is 0 Å². The fourth-order valence-electron chi connectivity index (χ4n) is 3.55. The van der Waals surface area contributed by atoms with Crippen LogP contribution >= 0.6 is 24.0 Å². The third-order valence-corrected chi connectivity index (χ3v) is 5.61. The predicted molar refractivity (Wildman–Crippen MR) is 125 cm³/mol. The fourth-order valence-corrected chi connectivity index (χ4v) is 3.55. The van der Waals surface area contributed by atoms with E-state index in [0.717, 1.165) is 44.6 Å². The highest BCUT2D eigenvalue weighted by Gasteiger charge is 2.33. The van der Waals surface area contributed by atoms with Crippen molar-refractivity contribution in [2.24, 2.45) is 10.9 Å². The van der Waals surface area contributed by atoms with E-state index in [1.165, 1.54) is 37.2 Å². The van der Waals surface area contributed by atoms with Crippen molar-refractivity contribution in [2.75, 3.05) is 39.3 Å². The zero-order chi connectivity index (χ0) is 18.4. The van der Waals surface area contributed by atoms with Gasteiger partial charge in [0.15, 0.2) is 5.96 Å². The largest absolute Gasteiger partial charge is 0.357 e. The summed E-state index contributed by atoms with van der Waals surface area (Å²) < 4.78 is 0. The molecule has 1 heterocycles. The lowest BCUT2D eigenvalue weighted by Crippen LogP contribution is -2.45. The molecule has 2 fully saturated rings. The Morgan fingerprint density at radius 1 is 1.07 bits per heavy atom. The van der Waals surface area contributed by atoms with Gasteiger partial charge in [0.1, 0.15) is 0 Å². The first-order valence-corrected chi connectivity index (χ1v) is 10.3. The van der Waals surface area contributed by atoms with Gasteiger partial charge in [-0.25, -0.2) is 4.99 Å². The Hall–Kier alpha value is -0.860. The molecule has 1 aromatic rings. The van der Waals surface area contributed by atoms with Gasteiger partial charge in [-0.2, -0.15) is 0 Å². The fraction of sp³-hybridized carbons (Fsp3) is 0.667. The third kappa shape index (κ3) is 6.91. The van der Waals surface area contributed by atoms with Crippen molar-refractivity contribution >= 4 is 29.9 Å². The van der Waals surface area contributed by atoms with E-state index in [2.05, 4.69) is 65.5 Å². The lowest BCUT2D eigenvalue weighted by Gasteiger charge is -2.34. The number of hydrogen-bond acceptors (Lipinski definition) is 3. The van der Waals surface area contributed by atoms with Gasteiger partial charge in [-0.05, 0) is 36.9 Å². The number of nitrogens with zero attached hydrogens (tertiary/aromatic N) is 3. The van der Waals surface area contributed by atoms with Crippen molar-refractivity contribution in [3.8, 4) is 0 Å². The van der Waals surface area contributed by atoms with Crippen LogP contribution in [0.3, 0.4) is 0 Å². The quantitative estimate of drug-likeness (QED) is 0.354. The van der Waals surface area contributed by atoms with Gasteiger partial charge in [0.2, 0.25) is 0 Å². The number of nitrogens with one attached hydrogen (secondary N) is 2. The van der Waals surface area contributed by atoms with Crippen LogP contribution in [0.1, 0.15) is 38.3 Å². The molecule has 0 bridgehead atoms. The van der Waals surface area contributed by atoms with E-state index in [1.54, 1.807) is 0 Å². The molecule has 5 nitrogen and oxygen atoms in total. The topological polar surface area (TPSA) is 42.9 Å². The number of halogens is 1. The average Bonchev–Trinajstić information content (AvgIpc) is 3.36. The Labute approximate surface area is 182 Å². The minimum Gasteiger partial charge on any atom is -0.357 e. The van der Waals surface area contributed by atoms with Crippen LogP contribution in [0.15, 0.2) is 29.3 Å². The Bertz CT molecular complexity index is 598. The van der Waals surface area contributed by atoms with E-state index in [4.69, 9.17) is 4.99 Å². The van der Waals surface area contributed by atoms with Crippen LogP contribution in [-0.2, 0) is 13.1 Å². The van der Waals surface area contributed by atoms with Crippen LogP contribution in [0.4, 0.5) is 0 Å². The second-order valence-corrected chi connectivity index (χ2v) is 7.64. The minimum absolute atomic E-state index is 0. The molecule has 0 spiro atoms. The van der Waals surface area contributed by atoms with Crippen LogP contribution in [-0.4, -0.2) is 61.1 Å². The van der Waals surface area contributed by atoms with Crippen LogP contribution in [0.25, 0.3) is 0 Å². The van der Waals surface area contributed by atoms with E-state index < -0.39 is 0 Å². The van der Waals surface area contributed by atoms with Gasteiger partial charge in [-0.15, -0.1) is 24.0 Å². The molecule has 3 rings (SSSR count). The molecule has 2 unspecified atom stereocenters. The number of benzene rings is 1. The van der Waals surface area contributed by atoms with Crippen LogP contribution in [0.5, 0.6) is 0 Å². The summed E-state index contributed by atoms with van der Waals surface area (Å²) in [5, 5.41) is 6.93. The van der Waals surface area contributed by atoms with Crippen molar-refractivity contribution in [3.05, 3.63) is 35.4 Å². The highest BCUT2D eigenvalue weighted by molar-refractivity contribution is 14.0. The molecule has 27 heavy (non-hydrogen) atoms. The van der Waals surface area contributed by atoms with Crippen LogP contribution < -0.4 is 10.6 Å². The van der Waals surface area contributed by atoms with Crippen molar-refractivity contribution in [2.45, 2.75) is 46.3 Å². The SMILES string of the molecule is CCNC(=NCc1ccccc1CN1CCN(CC)CC1)NC1CC1C.I. The minimum atomic E-state index is 0. The number of guanidine groups is 1. The second-order valence-electron chi connectivity index (χ2n) is 7.64. The molecule has 0 radical (unpaired) electrons. The summed E-state index contributed by atoms with van der Waals surface area (Å²) in [6.07, 6.45) is 1.25. The molecule has 0 amide bonds. The van der Waals surface area contributed by atoms with Gasteiger partial charge in [0.25, 0.3) is 0 Å². The molecule has 1 aromatic carbocycles. The molecule has 2 aliphatic rings. The zero-order valence-electron chi connectivity index (χ0n) is 17.1. The Morgan fingerprint density at radius 3 is 2.30 bits per heavy atom. The van der Waals surface area contributed by atoms with Gasteiger partial charge in [-0.3, -0.25) is 4.90 Å². The number of rotatable bonds is 7. The van der Waals surface area contributed by atoms with Crippen molar-refractivity contribution in [1.82, 2.24) is 20.4 Å². The number of likely N-dealkylation sites (N-methyl/N-ethyl adjacent to an activating group) is 1. The molecule has 1 saturated carbocycles. The summed E-state index contributed by atoms with van der Waals surface area (Å²) in [6, 6.07) is 9.37. The Kier molecular flexibility index (Phi) is 9.32. The summed E-state index contributed by atoms with van der Waals surface area (Å²) in [4.78, 5) is 9.95. The summed E-state index contributed by atoms with van der Waals surface area (Å²) >= 11 is 0. The predicted octanol–water partition coefficient (Wildman–Crippen LogP) is 2.91. The second kappa shape index (κ2) is 11.2. The van der Waals surface area contributed by atoms with E-state index in [9.17, 15) is 0 Å². The number of aliphatic imine (C=N–C) groups is 1. The van der Waals surface area contributed by atoms with Gasteiger partial charge in [-0.1, -0.05) is 38.1 Å². The van der Waals surface area contributed by atoms with Gasteiger partial charge in [0.05, 0.1) is 6.54 Å². The lowest BCUT2D eigenvalue weighted by molar-refractivity contribution is 0.131. The first-order chi connectivity index (χ1) is 12.7. The zero-order valence-corrected chi connectivity index (χ0v) is 19.4. The van der Waals surface area contributed by atoms with E-state index >= 15 is 0 Å². The maximum atomic E-state index is 4.85. The van der Waals surface area contributed by atoms with Crippen molar-refractivity contribution in [1.29, 1.82) is 0 Å². The normalized spacial score (nSPS) is 23.6. The average molecular weight is 485 g/mol. The molecule has 152 valence electrons. The van der Waals surface area contributed by atoms with Crippen molar-refractivity contribution in [3.63, 3.8) is 0 Å². The molecule has 1 aliphatic carbocycles. The van der Waals surface area contributed by atoms with Gasteiger partial charge in [0, 0.05) is 45.3 Å². The summed E-state index contributed by atoms with van der Waals surface area (Å²) in [5.74, 6) is 1.72. The smallest absolute Gasteiger partial charge is 0.191 e. The van der Waals surface area contributed by atoms with Crippen LogP contribution in [0.2, 0.25) is 0 Å². The number of piperazine rings is 1. The maximum Gasteiger partial charge on any atom is 0.191 e. The highest BCUT2D eigenvalue weighted by Crippen LogP contribution is 2.28. The number of hydrogen-bond donors (Lipinski definition) is 2. The molecule has 1 saturated heterocycles. The first kappa shape index (κ1) is 22.4.